The Morgan fingerprint density at radius 1 is 1.15 bits per heavy atom. The molecule has 0 saturated carbocycles. The lowest BCUT2D eigenvalue weighted by atomic mass is 9.97. The van der Waals surface area contributed by atoms with Gasteiger partial charge in [-0.3, -0.25) is 9.59 Å². The Morgan fingerprint density at radius 3 is 2.53 bits per heavy atom. The molecule has 0 spiro atoms. The number of carbonyl (C=O) groups excluding carboxylic acids is 1. The van der Waals surface area contributed by atoms with Gasteiger partial charge < -0.3 is 30.2 Å². The summed E-state index contributed by atoms with van der Waals surface area (Å²) in [6, 6.07) is 10.2. The molecule has 2 aromatic carbocycles. The number of hydrogen-bond donors (Lipinski definition) is 4. The molecule has 9 nitrogen and oxygen atoms in total. The Bertz CT molecular complexity index is 1300. The van der Waals surface area contributed by atoms with Crippen LogP contribution in [0.15, 0.2) is 53.3 Å². The lowest BCUT2D eigenvalue weighted by Gasteiger charge is -2.20. The van der Waals surface area contributed by atoms with Crippen molar-refractivity contribution in [3.63, 3.8) is 0 Å². The fourth-order valence-electron chi connectivity index (χ4n) is 3.44. The normalized spacial score (nSPS) is 11.5. The number of nitrogens with zero attached hydrogens (tertiary/aromatic N) is 1. The summed E-state index contributed by atoms with van der Waals surface area (Å²) in [5.74, 6) is -1.85. The van der Waals surface area contributed by atoms with Crippen LogP contribution in [0.2, 0.25) is 0 Å². The number of methoxy groups -OCH3 is 1. The SMILES string of the molecule is COc1cccc(-c2ccc(F)c(C(CC(=O)O)NC(=O)Nc3c(O)cc(C)n(C)c3=O)c2)c1. The van der Waals surface area contributed by atoms with Gasteiger partial charge in [0.25, 0.3) is 5.56 Å². The highest BCUT2D eigenvalue weighted by atomic mass is 19.1. The lowest BCUT2D eigenvalue weighted by molar-refractivity contribution is -0.137. The maximum Gasteiger partial charge on any atom is 0.319 e. The van der Waals surface area contributed by atoms with Crippen LogP contribution in [0.25, 0.3) is 11.1 Å². The van der Waals surface area contributed by atoms with Crippen LogP contribution in [0.1, 0.15) is 23.7 Å². The van der Waals surface area contributed by atoms with E-state index in [0.717, 1.165) is 0 Å². The lowest BCUT2D eigenvalue weighted by Crippen LogP contribution is -2.36. The van der Waals surface area contributed by atoms with Crippen molar-refractivity contribution in [2.45, 2.75) is 19.4 Å². The van der Waals surface area contributed by atoms with E-state index in [1.807, 2.05) is 0 Å². The summed E-state index contributed by atoms with van der Waals surface area (Å²) in [6.45, 7) is 1.60. The standard InChI is InChI=1S/C24H24FN3O6/c1-13-9-20(29)22(23(32)28(13)2)27-24(33)26-19(12-21(30)31)17-11-15(7-8-18(17)25)14-5-4-6-16(10-14)34-3/h4-11,19,29H,12H2,1-3H3,(H,30,31)(H2,26,27,33). The summed E-state index contributed by atoms with van der Waals surface area (Å²) >= 11 is 0. The van der Waals surface area contributed by atoms with Gasteiger partial charge in [-0.05, 0) is 42.3 Å². The molecule has 0 bridgehead atoms. The second-order valence-corrected chi connectivity index (χ2v) is 7.63. The van der Waals surface area contributed by atoms with Crippen LogP contribution in [0.3, 0.4) is 0 Å². The number of nitrogens with one attached hydrogen (secondary N) is 2. The van der Waals surface area contributed by atoms with Crippen molar-refractivity contribution in [2.75, 3.05) is 12.4 Å². The zero-order valence-corrected chi connectivity index (χ0v) is 18.8. The fourth-order valence-corrected chi connectivity index (χ4v) is 3.44. The first-order valence-corrected chi connectivity index (χ1v) is 10.2. The number of anilines is 1. The molecule has 34 heavy (non-hydrogen) atoms. The largest absolute Gasteiger partial charge is 0.505 e. The molecular weight excluding hydrogens is 445 g/mol. The number of aryl methyl sites for hydroxylation is 1. The number of benzene rings is 2. The molecule has 0 aliphatic rings. The van der Waals surface area contributed by atoms with Crippen molar-refractivity contribution in [3.05, 3.63) is 76.0 Å². The van der Waals surface area contributed by atoms with Gasteiger partial charge in [0.1, 0.15) is 17.3 Å². The average Bonchev–Trinajstić information content (AvgIpc) is 2.80. The molecule has 3 rings (SSSR count). The topological polar surface area (TPSA) is 130 Å². The molecule has 2 amide bonds. The predicted molar refractivity (Wildman–Crippen MR) is 124 cm³/mol. The number of halogens is 1. The number of carboxylic acid groups (broad SMARTS) is 1. The van der Waals surface area contributed by atoms with E-state index in [-0.39, 0.29) is 11.3 Å². The van der Waals surface area contributed by atoms with Crippen molar-refractivity contribution in [3.8, 4) is 22.6 Å². The van der Waals surface area contributed by atoms with Gasteiger partial charge in [0.2, 0.25) is 0 Å². The third-order valence-electron chi connectivity index (χ3n) is 5.35. The van der Waals surface area contributed by atoms with E-state index in [0.29, 0.717) is 22.6 Å². The Hall–Kier alpha value is -4.34. The van der Waals surface area contributed by atoms with Crippen molar-refractivity contribution in [2.24, 2.45) is 7.05 Å². The van der Waals surface area contributed by atoms with Gasteiger partial charge in [-0.1, -0.05) is 18.2 Å². The maximum absolute atomic E-state index is 14.8. The molecule has 178 valence electrons. The molecule has 10 heteroatoms. The first-order chi connectivity index (χ1) is 16.1. The molecular formula is C24H24FN3O6. The quantitative estimate of drug-likeness (QED) is 0.419. The number of pyridine rings is 1. The second kappa shape index (κ2) is 10.1. The summed E-state index contributed by atoms with van der Waals surface area (Å²) in [6.07, 6.45) is -0.621. The number of ether oxygens (including phenoxy) is 1. The smallest absolute Gasteiger partial charge is 0.319 e. The van der Waals surface area contributed by atoms with Crippen LogP contribution < -0.4 is 20.9 Å². The van der Waals surface area contributed by atoms with Crippen LogP contribution in [0, 0.1) is 12.7 Å². The van der Waals surface area contributed by atoms with Gasteiger partial charge in [-0.25, -0.2) is 9.18 Å². The minimum atomic E-state index is -1.27. The molecule has 1 aromatic heterocycles. The monoisotopic (exact) mass is 469 g/mol. The van der Waals surface area contributed by atoms with Gasteiger partial charge in [0.15, 0.2) is 5.69 Å². The van der Waals surface area contributed by atoms with Gasteiger partial charge in [0, 0.05) is 24.4 Å². The second-order valence-electron chi connectivity index (χ2n) is 7.63. The molecule has 1 heterocycles. The van der Waals surface area contributed by atoms with Crippen molar-refractivity contribution >= 4 is 17.7 Å². The van der Waals surface area contributed by atoms with E-state index in [9.17, 15) is 29.0 Å². The summed E-state index contributed by atoms with van der Waals surface area (Å²) < 4.78 is 21.2. The molecule has 0 aliphatic heterocycles. The van der Waals surface area contributed by atoms with E-state index in [1.54, 1.807) is 31.2 Å². The summed E-state index contributed by atoms with van der Waals surface area (Å²) in [5, 5.41) is 24.0. The molecule has 3 aromatic rings. The minimum absolute atomic E-state index is 0.0566. The first-order valence-electron chi connectivity index (χ1n) is 10.2. The number of carboxylic acids is 1. The fraction of sp³-hybridized carbons (Fsp3) is 0.208. The molecule has 1 unspecified atom stereocenters. The zero-order valence-electron chi connectivity index (χ0n) is 18.8. The highest BCUT2D eigenvalue weighted by Gasteiger charge is 2.23. The van der Waals surface area contributed by atoms with Crippen molar-refractivity contribution < 1.29 is 28.9 Å². The number of hydrogen-bond acceptors (Lipinski definition) is 5. The van der Waals surface area contributed by atoms with E-state index in [1.165, 1.54) is 43.0 Å². The Labute approximate surface area is 194 Å². The number of carbonyl (C=O) groups is 2. The number of urea groups is 1. The van der Waals surface area contributed by atoms with Gasteiger partial charge in [0.05, 0.1) is 19.6 Å². The van der Waals surface area contributed by atoms with Crippen LogP contribution in [-0.2, 0) is 11.8 Å². The maximum atomic E-state index is 14.8. The van der Waals surface area contributed by atoms with Gasteiger partial charge in [-0.2, -0.15) is 0 Å². The molecule has 1 atom stereocenters. The number of rotatable bonds is 7. The Balaban J connectivity index is 1.93. The number of amides is 2. The first kappa shape index (κ1) is 24.3. The third kappa shape index (κ3) is 5.34. The summed E-state index contributed by atoms with van der Waals surface area (Å²) in [7, 11) is 2.98. The van der Waals surface area contributed by atoms with Crippen LogP contribution in [0.4, 0.5) is 14.9 Å². The molecule has 4 N–H and O–H groups in total. The summed E-state index contributed by atoms with van der Waals surface area (Å²) in [5.41, 5.74) is 0.650. The molecule has 0 radical (unpaired) electrons. The molecule has 0 aliphatic carbocycles. The van der Waals surface area contributed by atoms with Crippen LogP contribution in [0.5, 0.6) is 11.5 Å². The number of aliphatic carboxylic acids is 1. The Kier molecular flexibility index (Phi) is 7.20. The van der Waals surface area contributed by atoms with Crippen molar-refractivity contribution in [1.82, 2.24) is 9.88 Å². The zero-order chi connectivity index (χ0) is 25.0. The van der Waals surface area contributed by atoms with E-state index in [2.05, 4.69) is 10.6 Å². The molecule has 0 saturated heterocycles. The number of aromatic hydroxyl groups is 1. The van der Waals surface area contributed by atoms with E-state index in [4.69, 9.17) is 4.74 Å². The average molecular weight is 469 g/mol. The van der Waals surface area contributed by atoms with E-state index >= 15 is 0 Å². The molecule has 0 fully saturated rings. The highest BCUT2D eigenvalue weighted by Crippen LogP contribution is 2.29. The number of aromatic nitrogens is 1. The Morgan fingerprint density at radius 2 is 1.85 bits per heavy atom. The third-order valence-corrected chi connectivity index (χ3v) is 5.35. The summed E-state index contributed by atoms with van der Waals surface area (Å²) in [4.78, 5) is 36.5. The van der Waals surface area contributed by atoms with Crippen molar-refractivity contribution in [1.29, 1.82) is 0 Å². The van der Waals surface area contributed by atoms with E-state index < -0.39 is 41.6 Å². The van der Waals surface area contributed by atoms with Gasteiger partial charge >= 0.3 is 12.0 Å². The highest BCUT2D eigenvalue weighted by molar-refractivity contribution is 5.91. The van der Waals surface area contributed by atoms with Crippen LogP contribution in [-0.4, -0.2) is 33.9 Å². The van der Waals surface area contributed by atoms with Gasteiger partial charge in [-0.15, -0.1) is 0 Å². The van der Waals surface area contributed by atoms with Crippen LogP contribution >= 0.6 is 0 Å². The minimum Gasteiger partial charge on any atom is -0.505 e. The predicted octanol–water partition coefficient (Wildman–Crippen LogP) is 3.55.